The van der Waals surface area contributed by atoms with Gasteiger partial charge in [-0.2, -0.15) is 135 Å². The molecule has 0 nitrogen and oxygen atoms in total. The molecule has 0 amide bonds. The Labute approximate surface area is 266 Å². The van der Waals surface area contributed by atoms with Gasteiger partial charge < -0.3 is 0 Å². The van der Waals surface area contributed by atoms with Crippen LogP contribution < -0.4 is 0 Å². The Morgan fingerprint density at radius 1 is 0.111 bits per heavy atom. The van der Waals surface area contributed by atoms with E-state index in [-0.39, 0.29) is 272 Å². The van der Waals surface area contributed by atoms with Gasteiger partial charge in [-0.1, -0.05) is 0 Å². The van der Waals surface area contributed by atoms with Gasteiger partial charge in [0.25, 0.3) is 0 Å². The molecular weight excluding hydrogens is 767 g/mol. The second kappa shape index (κ2) is 235. The van der Waals surface area contributed by atoms with Crippen molar-refractivity contribution in [1.29, 1.82) is 0 Å². The average Bonchev–Trinajstić information content (AvgIpc) is 0. The van der Waals surface area contributed by atoms with Gasteiger partial charge in [0, 0.05) is 137 Å². The summed E-state index contributed by atoms with van der Waals surface area (Å²) in [4.78, 5) is 0. The first kappa shape index (κ1) is 266. The van der Waals surface area contributed by atoms with Crippen LogP contribution >= 0.6 is 135 Å². The minimum Gasteiger partial charge on any atom is -0.197 e. The maximum atomic E-state index is 0. The van der Waals surface area contributed by atoms with Crippen LogP contribution in [-0.2, 0) is 137 Å². The summed E-state index contributed by atoms with van der Waals surface area (Å²) in [5.74, 6) is 0. The van der Waals surface area contributed by atoms with Crippen molar-refractivity contribution < 1.29 is 137 Å². The van der Waals surface area contributed by atoms with Crippen molar-refractivity contribution in [2.24, 2.45) is 0 Å². The Morgan fingerprint density at radius 2 is 0.111 bits per heavy atom. The van der Waals surface area contributed by atoms with Crippen molar-refractivity contribution in [3.05, 3.63) is 0 Å². The molecule has 0 radical (unpaired) electrons. The van der Waals surface area contributed by atoms with E-state index in [2.05, 4.69) is 0 Å². The van der Waals surface area contributed by atoms with Crippen LogP contribution in [0.1, 0.15) is 0 Å². The fourth-order valence-corrected chi connectivity index (χ4v) is 0. The van der Waals surface area contributed by atoms with Crippen molar-refractivity contribution in [1.82, 2.24) is 0 Å². The molecule has 0 aromatic rings. The van der Waals surface area contributed by atoms with Gasteiger partial charge in [-0.05, 0) is 0 Å². The molecule has 0 heterocycles. The van der Waals surface area contributed by atoms with E-state index in [0.29, 0.717) is 0 Å². The van der Waals surface area contributed by atoms with E-state index in [4.69, 9.17) is 0 Å². The smallest absolute Gasteiger partial charge is 0 e. The van der Waals surface area contributed by atoms with E-state index in [1.807, 2.05) is 0 Å². The first-order chi connectivity index (χ1) is 0. The molecule has 18 heteroatoms. The molecule has 0 aliphatic carbocycles. The van der Waals surface area contributed by atoms with Gasteiger partial charge in [-0.15, -0.1) is 0 Å². The molecule has 0 spiro atoms. The maximum absolute atomic E-state index is 0. The molecule has 0 aliphatic rings. The number of hydrogen-bond donors (Lipinski definition) is 0. The summed E-state index contributed by atoms with van der Waals surface area (Å²) in [6.45, 7) is 0. The Morgan fingerprint density at radius 3 is 0.111 bits per heavy atom. The molecule has 0 bridgehead atoms. The van der Waals surface area contributed by atoms with Crippen LogP contribution in [0.3, 0.4) is 0 Å². The predicted molar refractivity (Wildman–Crippen MR) is 104 cm³/mol. The zero-order chi connectivity index (χ0) is 0. The van der Waals surface area contributed by atoms with Gasteiger partial charge in [-0.3, -0.25) is 0 Å². The van der Waals surface area contributed by atoms with Crippen LogP contribution in [0.2, 0.25) is 0 Å². The Balaban J connectivity index is 0. The average molecular weight is 788 g/mol. The van der Waals surface area contributed by atoms with Crippen molar-refractivity contribution in [2.75, 3.05) is 0 Å². The zero-order valence-corrected chi connectivity index (χ0v) is 26.7. The SMILES string of the molecule is S.S.S.S.S.S.S.S.S.S.[Fe].[Fe].[Fe].[Fe].[Fe].[Fe].[Fe].[Fe]. The molecule has 0 N–H and O–H groups in total. The van der Waals surface area contributed by atoms with Crippen molar-refractivity contribution in [2.45, 2.75) is 0 Å². The Bertz CT molecular complexity index is 17.8. The second-order valence-electron chi connectivity index (χ2n) is 0. The molecule has 0 fully saturated rings. The van der Waals surface area contributed by atoms with Crippen molar-refractivity contribution in [3.8, 4) is 0 Å². The van der Waals surface area contributed by atoms with E-state index in [1.165, 1.54) is 0 Å². The Kier molecular flexibility index (Phi) is 3480. The van der Waals surface area contributed by atoms with E-state index in [9.17, 15) is 0 Å². The van der Waals surface area contributed by atoms with E-state index in [0.717, 1.165) is 0 Å². The van der Waals surface area contributed by atoms with Gasteiger partial charge in [0.05, 0.1) is 0 Å². The summed E-state index contributed by atoms with van der Waals surface area (Å²) >= 11 is 0. The van der Waals surface area contributed by atoms with Crippen LogP contribution in [0.5, 0.6) is 0 Å². The van der Waals surface area contributed by atoms with Crippen LogP contribution in [0.4, 0.5) is 0 Å². The van der Waals surface area contributed by atoms with E-state index in [1.54, 1.807) is 0 Å². The summed E-state index contributed by atoms with van der Waals surface area (Å²) in [7, 11) is 0. The molecule has 144 valence electrons. The summed E-state index contributed by atoms with van der Waals surface area (Å²) < 4.78 is 0. The molecule has 0 atom stereocenters. The summed E-state index contributed by atoms with van der Waals surface area (Å²) in [5.41, 5.74) is 0. The minimum atomic E-state index is 0. The second-order valence-corrected chi connectivity index (χ2v) is 0. The minimum absolute atomic E-state index is 0. The molecule has 0 aromatic carbocycles. The summed E-state index contributed by atoms with van der Waals surface area (Å²) in [6, 6.07) is 0. The molecular formula is H20Fe8S10. The zero-order valence-electron chi connectivity index (χ0n) is 7.83. The molecule has 0 unspecified atom stereocenters. The van der Waals surface area contributed by atoms with Crippen LogP contribution in [0.25, 0.3) is 0 Å². The largest absolute Gasteiger partial charge is 0.197 e. The number of rotatable bonds is 0. The van der Waals surface area contributed by atoms with Crippen molar-refractivity contribution >= 4 is 135 Å². The third-order valence-electron chi connectivity index (χ3n) is 0. The van der Waals surface area contributed by atoms with Gasteiger partial charge in [0.1, 0.15) is 0 Å². The summed E-state index contributed by atoms with van der Waals surface area (Å²) in [6.07, 6.45) is 0. The van der Waals surface area contributed by atoms with Crippen molar-refractivity contribution in [3.63, 3.8) is 0 Å². The number of hydrogen-bond acceptors (Lipinski definition) is 0. The normalized spacial score (nSPS) is 0. The molecule has 0 saturated heterocycles. The quantitative estimate of drug-likeness (QED) is 0.324. The molecule has 0 saturated carbocycles. The third kappa shape index (κ3) is 207. The molecule has 0 aliphatic heterocycles. The van der Waals surface area contributed by atoms with E-state index < -0.39 is 0 Å². The van der Waals surface area contributed by atoms with Gasteiger partial charge >= 0.3 is 0 Å². The van der Waals surface area contributed by atoms with Gasteiger partial charge in [-0.25, -0.2) is 0 Å². The topological polar surface area (TPSA) is 0 Å². The first-order valence-electron chi connectivity index (χ1n) is 0. The fourth-order valence-electron chi connectivity index (χ4n) is 0. The predicted octanol–water partition coefficient (Wildman–Crippen LogP) is 1.11. The summed E-state index contributed by atoms with van der Waals surface area (Å²) in [5, 5.41) is 0. The molecule has 0 rings (SSSR count). The first-order valence-corrected chi connectivity index (χ1v) is 0. The van der Waals surface area contributed by atoms with Crippen LogP contribution in [-0.4, -0.2) is 0 Å². The molecule has 18 heavy (non-hydrogen) atoms. The van der Waals surface area contributed by atoms with Gasteiger partial charge in [0.15, 0.2) is 0 Å². The Hall–Kier alpha value is 7.66. The van der Waals surface area contributed by atoms with Gasteiger partial charge in [0.2, 0.25) is 0 Å². The standard InChI is InChI=1S/8Fe.10H2S/h;;;;;;;;10*1H2. The van der Waals surface area contributed by atoms with Crippen LogP contribution in [0.15, 0.2) is 0 Å². The maximum Gasteiger partial charge on any atom is 0 e. The molecule has 0 aromatic heterocycles. The fraction of sp³-hybridized carbons (Fsp3) is 0. The van der Waals surface area contributed by atoms with E-state index >= 15 is 0 Å². The van der Waals surface area contributed by atoms with Crippen LogP contribution in [0, 0.1) is 0 Å². The third-order valence-corrected chi connectivity index (χ3v) is 0. The monoisotopic (exact) mass is 787 g/mol.